The first-order valence-corrected chi connectivity index (χ1v) is 8.29. The van der Waals surface area contributed by atoms with Gasteiger partial charge in [0.15, 0.2) is 5.15 Å². The van der Waals surface area contributed by atoms with E-state index in [9.17, 15) is 0 Å². The Morgan fingerprint density at radius 3 is 2.88 bits per heavy atom. The van der Waals surface area contributed by atoms with Crippen molar-refractivity contribution in [3.05, 3.63) is 70.6 Å². The van der Waals surface area contributed by atoms with Crippen LogP contribution in [0.4, 0.5) is 5.82 Å². The Kier molecular flexibility index (Phi) is 3.86. The predicted octanol–water partition coefficient (Wildman–Crippen LogP) is 4.60. The number of rotatable bonds is 3. The number of aryl methyl sites for hydroxylation is 2. The molecule has 0 bridgehead atoms. The molecule has 0 aliphatic rings. The van der Waals surface area contributed by atoms with Crippen LogP contribution in [0.25, 0.3) is 16.6 Å². The van der Waals surface area contributed by atoms with Crippen LogP contribution in [0.2, 0.25) is 5.15 Å². The van der Waals surface area contributed by atoms with Crippen LogP contribution in [-0.2, 0) is 0 Å². The molecular weight excluding hydrogens is 334 g/mol. The van der Waals surface area contributed by atoms with Gasteiger partial charge >= 0.3 is 0 Å². The minimum absolute atomic E-state index is 0.413. The van der Waals surface area contributed by atoms with Crippen LogP contribution >= 0.6 is 11.6 Å². The van der Waals surface area contributed by atoms with Gasteiger partial charge in [-0.2, -0.15) is 5.10 Å². The van der Waals surface area contributed by atoms with Crippen LogP contribution < -0.4 is 5.43 Å². The van der Waals surface area contributed by atoms with Gasteiger partial charge in [-0.25, -0.2) is 9.97 Å². The van der Waals surface area contributed by atoms with E-state index in [1.54, 1.807) is 6.21 Å². The smallest absolute Gasteiger partial charge is 0.157 e. The van der Waals surface area contributed by atoms with Crippen LogP contribution in [0.15, 0.2) is 53.8 Å². The molecule has 25 heavy (non-hydrogen) atoms. The van der Waals surface area contributed by atoms with E-state index in [2.05, 4.69) is 51.7 Å². The van der Waals surface area contributed by atoms with E-state index in [1.807, 2.05) is 35.7 Å². The summed E-state index contributed by atoms with van der Waals surface area (Å²) in [7, 11) is 0. The van der Waals surface area contributed by atoms with E-state index in [0.717, 1.165) is 33.6 Å². The standard InChI is InChI=1S/C19H16ClN5/c1-12-6-7-14-10-13(2)19(22-15(14)9-12)24-21-11-16-18(20)23-17-5-3-4-8-25(16)17/h3-11H,1-2H3,(H,22,24)/b21-11+. The van der Waals surface area contributed by atoms with Crippen LogP contribution in [0, 0.1) is 13.8 Å². The summed E-state index contributed by atoms with van der Waals surface area (Å²) < 4.78 is 1.89. The van der Waals surface area contributed by atoms with Gasteiger partial charge < -0.3 is 0 Å². The third kappa shape index (κ3) is 2.94. The summed E-state index contributed by atoms with van der Waals surface area (Å²) >= 11 is 6.21. The number of nitrogens with one attached hydrogen (secondary N) is 1. The molecule has 4 aromatic rings. The van der Waals surface area contributed by atoms with Gasteiger partial charge in [-0.1, -0.05) is 29.8 Å². The molecule has 0 spiro atoms. The molecule has 4 rings (SSSR count). The Morgan fingerprint density at radius 1 is 1.12 bits per heavy atom. The lowest BCUT2D eigenvalue weighted by Crippen LogP contribution is -1.98. The molecule has 3 aromatic heterocycles. The molecule has 5 nitrogen and oxygen atoms in total. The van der Waals surface area contributed by atoms with E-state index >= 15 is 0 Å². The molecule has 1 aromatic carbocycles. The fraction of sp³-hybridized carbons (Fsp3) is 0.105. The van der Waals surface area contributed by atoms with Gasteiger partial charge in [-0.3, -0.25) is 9.83 Å². The molecule has 0 saturated carbocycles. The quantitative estimate of drug-likeness (QED) is 0.434. The van der Waals surface area contributed by atoms with Crippen LogP contribution in [0.3, 0.4) is 0 Å². The third-order valence-electron chi connectivity index (χ3n) is 4.04. The summed E-state index contributed by atoms with van der Waals surface area (Å²) in [6, 6.07) is 14.1. The molecule has 0 fully saturated rings. The number of nitrogens with zero attached hydrogens (tertiary/aromatic N) is 4. The van der Waals surface area contributed by atoms with Gasteiger partial charge in [0.1, 0.15) is 17.2 Å². The van der Waals surface area contributed by atoms with Crippen molar-refractivity contribution in [2.45, 2.75) is 13.8 Å². The lowest BCUT2D eigenvalue weighted by atomic mass is 10.1. The first kappa shape index (κ1) is 15.6. The minimum atomic E-state index is 0.413. The maximum Gasteiger partial charge on any atom is 0.157 e. The number of aromatic nitrogens is 3. The normalized spacial score (nSPS) is 11.6. The Bertz CT molecular complexity index is 1110. The summed E-state index contributed by atoms with van der Waals surface area (Å²) in [6.07, 6.45) is 3.56. The summed E-state index contributed by atoms with van der Waals surface area (Å²) in [6.45, 7) is 4.06. The first-order valence-electron chi connectivity index (χ1n) is 7.91. The molecular formula is C19H16ClN5. The number of hydrazone groups is 1. The van der Waals surface area contributed by atoms with E-state index in [4.69, 9.17) is 11.6 Å². The average Bonchev–Trinajstić information content (AvgIpc) is 2.91. The fourth-order valence-corrected chi connectivity index (χ4v) is 2.98. The largest absolute Gasteiger partial charge is 0.297 e. The molecule has 0 aliphatic heterocycles. The number of anilines is 1. The van der Waals surface area contributed by atoms with Crippen molar-refractivity contribution < 1.29 is 0 Å². The number of halogens is 1. The number of fused-ring (bicyclic) bond motifs is 2. The highest BCUT2D eigenvalue weighted by Gasteiger charge is 2.07. The SMILES string of the molecule is Cc1ccc2cc(C)c(N/N=C/c3c(Cl)nc4ccccn34)nc2c1. The maximum atomic E-state index is 6.21. The maximum absolute atomic E-state index is 6.21. The Hall–Kier alpha value is -2.92. The molecule has 124 valence electrons. The van der Waals surface area contributed by atoms with Crippen molar-refractivity contribution in [2.75, 3.05) is 5.43 Å². The number of hydrogen-bond donors (Lipinski definition) is 1. The average molecular weight is 350 g/mol. The minimum Gasteiger partial charge on any atom is -0.297 e. The Morgan fingerprint density at radius 2 is 2.00 bits per heavy atom. The van der Waals surface area contributed by atoms with Crippen LogP contribution in [0.1, 0.15) is 16.8 Å². The van der Waals surface area contributed by atoms with Gasteiger partial charge in [0.05, 0.1) is 11.7 Å². The van der Waals surface area contributed by atoms with Crippen molar-refractivity contribution in [3.63, 3.8) is 0 Å². The molecule has 1 N–H and O–H groups in total. The van der Waals surface area contributed by atoms with Crippen molar-refractivity contribution in [1.29, 1.82) is 0 Å². The number of hydrogen-bond acceptors (Lipinski definition) is 4. The highest BCUT2D eigenvalue weighted by atomic mass is 35.5. The summed E-state index contributed by atoms with van der Waals surface area (Å²) in [5.74, 6) is 0.722. The molecule has 3 heterocycles. The Labute approximate surface area is 150 Å². The zero-order chi connectivity index (χ0) is 17.4. The van der Waals surface area contributed by atoms with E-state index < -0.39 is 0 Å². The first-order chi connectivity index (χ1) is 12.1. The number of benzene rings is 1. The second-order valence-electron chi connectivity index (χ2n) is 5.94. The highest BCUT2D eigenvalue weighted by molar-refractivity contribution is 6.32. The van der Waals surface area contributed by atoms with Crippen molar-refractivity contribution in [3.8, 4) is 0 Å². The molecule has 0 aliphatic carbocycles. The van der Waals surface area contributed by atoms with Crippen molar-refractivity contribution >= 4 is 40.2 Å². The summed E-state index contributed by atoms with van der Waals surface area (Å²) in [5.41, 5.74) is 7.66. The molecule has 0 radical (unpaired) electrons. The van der Waals surface area contributed by atoms with Gasteiger partial charge in [-0.15, -0.1) is 0 Å². The molecule has 0 unspecified atom stereocenters. The topological polar surface area (TPSA) is 54.6 Å². The lowest BCUT2D eigenvalue weighted by molar-refractivity contribution is 1.16. The molecule has 0 atom stereocenters. The predicted molar refractivity (Wildman–Crippen MR) is 103 cm³/mol. The van der Waals surface area contributed by atoms with Gasteiger partial charge in [0, 0.05) is 11.6 Å². The summed E-state index contributed by atoms with van der Waals surface area (Å²) in [5, 5.41) is 5.83. The third-order valence-corrected chi connectivity index (χ3v) is 4.32. The highest BCUT2D eigenvalue weighted by Crippen LogP contribution is 2.21. The monoisotopic (exact) mass is 349 g/mol. The molecule has 6 heteroatoms. The number of pyridine rings is 2. The number of imidazole rings is 1. The van der Waals surface area contributed by atoms with Crippen molar-refractivity contribution in [2.24, 2.45) is 5.10 Å². The van der Waals surface area contributed by atoms with Gasteiger partial charge in [0.25, 0.3) is 0 Å². The van der Waals surface area contributed by atoms with Gasteiger partial charge in [-0.05, 0) is 49.2 Å². The van der Waals surface area contributed by atoms with Crippen LogP contribution in [-0.4, -0.2) is 20.6 Å². The Balaban J connectivity index is 1.66. The molecule has 0 amide bonds. The zero-order valence-corrected chi connectivity index (χ0v) is 14.6. The molecule has 0 saturated heterocycles. The van der Waals surface area contributed by atoms with Gasteiger partial charge in [0.2, 0.25) is 0 Å². The second-order valence-corrected chi connectivity index (χ2v) is 6.29. The zero-order valence-electron chi connectivity index (χ0n) is 13.9. The van der Waals surface area contributed by atoms with E-state index in [1.165, 1.54) is 5.56 Å². The van der Waals surface area contributed by atoms with Crippen LogP contribution in [0.5, 0.6) is 0 Å². The summed E-state index contributed by atoms with van der Waals surface area (Å²) in [4.78, 5) is 8.96. The van der Waals surface area contributed by atoms with E-state index in [0.29, 0.717) is 5.15 Å². The van der Waals surface area contributed by atoms with E-state index in [-0.39, 0.29) is 0 Å². The second kappa shape index (κ2) is 6.18. The lowest BCUT2D eigenvalue weighted by Gasteiger charge is -2.07. The van der Waals surface area contributed by atoms with Crippen molar-refractivity contribution in [1.82, 2.24) is 14.4 Å². The fourth-order valence-electron chi connectivity index (χ4n) is 2.75.